The lowest BCUT2D eigenvalue weighted by atomic mass is 10.1. The number of hydrogen-bond acceptors (Lipinski definition) is 4. The third-order valence-corrected chi connectivity index (χ3v) is 5.54. The van der Waals surface area contributed by atoms with Crippen molar-refractivity contribution in [3.05, 3.63) is 46.1 Å². The van der Waals surface area contributed by atoms with E-state index in [1.807, 2.05) is 6.07 Å². The van der Waals surface area contributed by atoms with Crippen molar-refractivity contribution >= 4 is 11.7 Å². The second-order valence-corrected chi connectivity index (χ2v) is 7.87. The Bertz CT molecular complexity index is 1080. The van der Waals surface area contributed by atoms with E-state index < -0.39 is 41.7 Å². The fraction of sp³-hybridized carbons (Fsp3) is 0.455. The first-order chi connectivity index (χ1) is 15.8. The van der Waals surface area contributed by atoms with Gasteiger partial charge in [0.25, 0.3) is 5.91 Å². The maximum absolute atomic E-state index is 13.0. The predicted octanol–water partition coefficient (Wildman–Crippen LogP) is 5.21. The maximum atomic E-state index is 13.0. The van der Waals surface area contributed by atoms with E-state index in [1.165, 1.54) is 0 Å². The Morgan fingerprint density at radius 1 is 1.18 bits per heavy atom. The van der Waals surface area contributed by atoms with Gasteiger partial charge in [-0.25, -0.2) is 0 Å². The van der Waals surface area contributed by atoms with Gasteiger partial charge in [-0.3, -0.25) is 4.79 Å². The minimum atomic E-state index is -5.04. The minimum absolute atomic E-state index is 0.0321. The van der Waals surface area contributed by atoms with Gasteiger partial charge in [0.05, 0.1) is 29.3 Å². The molecule has 2 aromatic rings. The Morgan fingerprint density at radius 3 is 2.29 bits per heavy atom. The molecule has 1 aliphatic heterocycles. The van der Waals surface area contributed by atoms with Crippen LogP contribution in [0.15, 0.2) is 18.2 Å². The van der Waals surface area contributed by atoms with Crippen LogP contribution < -0.4 is 10.1 Å². The summed E-state index contributed by atoms with van der Waals surface area (Å²) >= 11 is 0. The van der Waals surface area contributed by atoms with Crippen molar-refractivity contribution in [2.24, 2.45) is 0 Å². The van der Waals surface area contributed by atoms with Gasteiger partial charge < -0.3 is 19.4 Å². The number of ether oxygens (including phenoxy) is 2. The number of benzene rings is 1. The zero-order valence-corrected chi connectivity index (χ0v) is 18.2. The largest absolute Gasteiger partial charge is 0.484 e. The van der Waals surface area contributed by atoms with Gasteiger partial charge in [0.15, 0.2) is 6.61 Å². The molecule has 0 saturated carbocycles. The van der Waals surface area contributed by atoms with Gasteiger partial charge in [0, 0.05) is 12.3 Å². The van der Waals surface area contributed by atoms with E-state index in [9.17, 15) is 36.4 Å². The van der Waals surface area contributed by atoms with E-state index in [0.29, 0.717) is 30.8 Å². The Labute approximate surface area is 191 Å². The van der Waals surface area contributed by atoms with Crippen LogP contribution in [-0.4, -0.2) is 29.8 Å². The number of hydrogen-bond donors (Lipinski definition) is 1. The number of aromatic nitrogens is 1. The van der Waals surface area contributed by atoms with E-state index >= 15 is 0 Å². The van der Waals surface area contributed by atoms with Crippen molar-refractivity contribution in [3.63, 3.8) is 0 Å². The third-order valence-electron chi connectivity index (χ3n) is 5.54. The van der Waals surface area contributed by atoms with Crippen LogP contribution in [0.1, 0.15) is 40.8 Å². The molecule has 12 heteroatoms. The van der Waals surface area contributed by atoms with Crippen molar-refractivity contribution < 1.29 is 40.6 Å². The lowest BCUT2D eigenvalue weighted by Crippen LogP contribution is -2.25. The summed E-state index contributed by atoms with van der Waals surface area (Å²) in [6, 6.07) is 2.75. The normalized spacial score (nSPS) is 16.4. The van der Waals surface area contributed by atoms with E-state index in [0.717, 1.165) is 18.5 Å². The number of carbonyl (C=O) groups is 1. The average molecular weight is 489 g/mol. The number of halogens is 6. The van der Waals surface area contributed by atoms with Gasteiger partial charge in [-0.2, -0.15) is 31.6 Å². The Morgan fingerprint density at radius 2 is 1.79 bits per heavy atom. The van der Waals surface area contributed by atoms with E-state index in [1.54, 1.807) is 18.4 Å². The summed E-state index contributed by atoms with van der Waals surface area (Å²) < 4.78 is 90.4. The molecule has 0 bridgehead atoms. The Kier molecular flexibility index (Phi) is 7.16. The standard InChI is InChI=1S/C22H21F6N3O3/c1-12-13(2)31(10-16-4-3-5-33-16)20(18(12)9-29)30-19(32)11-34-17-7-14(21(23,24)25)6-15(8-17)22(26,27)28/h6-8,16H,3-5,10-11H2,1-2H3,(H,30,32). The smallest absolute Gasteiger partial charge is 0.416 e. The first-order valence-electron chi connectivity index (χ1n) is 10.2. The van der Waals surface area contributed by atoms with Crippen LogP contribution in [0.2, 0.25) is 0 Å². The van der Waals surface area contributed by atoms with E-state index in [4.69, 9.17) is 9.47 Å². The molecule has 1 saturated heterocycles. The highest BCUT2D eigenvalue weighted by Crippen LogP contribution is 2.38. The monoisotopic (exact) mass is 489 g/mol. The quantitative estimate of drug-likeness (QED) is 0.566. The summed E-state index contributed by atoms with van der Waals surface area (Å²) in [6.45, 7) is 3.56. The lowest BCUT2D eigenvalue weighted by molar-refractivity contribution is -0.143. The van der Waals surface area contributed by atoms with E-state index in [-0.39, 0.29) is 23.6 Å². The highest BCUT2D eigenvalue weighted by molar-refractivity contribution is 5.93. The van der Waals surface area contributed by atoms with Crippen molar-refractivity contribution in [2.75, 3.05) is 18.5 Å². The number of anilines is 1. The summed E-state index contributed by atoms with van der Waals surface area (Å²) in [6.07, 6.45) is -8.52. The topological polar surface area (TPSA) is 76.3 Å². The second-order valence-electron chi connectivity index (χ2n) is 7.87. The summed E-state index contributed by atoms with van der Waals surface area (Å²) in [5.41, 5.74) is -1.56. The molecule has 1 fully saturated rings. The minimum Gasteiger partial charge on any atom is -0.484 e. The number of nitrogens with zero attached hydrogens (tertiary/aromatic N) is 2. The Balaban J connectivity index is 1.80. The number of nitriles is 1. The molecule has 3 rings (SSSR count). The summed E-state index contributed by atoms with van der Waals surface area (Å²) in [5, 5.41) is 12.0. The molecule has 6 nitrogen and oxygen atoms in total. The van der Waals surface area contributed by atoms with Crippen molar-refractivity contribution in [2.45, 2.75) is 51.7 Å². The molecule has 1 aromatic heterocycles. The van der Waals surface area contributed by atoms with Crippen LogP contribution >= 0.6 is 0 Å². The molecule has 0 aliphatic carbocycles. The van der Waals surface area contributed by atoms with Gasteiger partial charge >= 0.3 is 12.4 Å². The molecule has 0 radical (unpaired) electrons. The predicted molar refractivity (Wildman–Crippen MR) is 108 cm³/mol. The molecule has 2 heterocycles. The molecule has 1 aliphatic rings. The van der Waals surface area contributed by atoms with Crippen LogP contribution in [0.25, 0.3) is 0 Å². The zero-order valence-electron chi connectivity index (χ0n) is 18.2. The van der Waals surface area contributed by atoms with Crippen LogP contribution in [0.5, 0.6) is 5.75 Å². The lowest BCUT2D eigenvalue weighted by Gasteiger charge is -2.17. The molecule has 1 N–H and O–H groups in total. The Hall–Kier alpha value is -3.20. The fourth-order valence-electron chi connectivity index (χ4n) is 3.68. The van der Waals surface area contributed by atoms with Crippen LogP contribution in [-0.2, 0) is 28.4 Å². The van der Waals surface area contributed by atoms with Crippen molar-refractivity contribution in [1.29, 1.82) is 5.26 Å². The summed E-state index contributed by atoms with van der Waals surface area (Å²) in [7, 11) is 0. The van der Waals surface area contributed by atoms with Gasteiger partial charge in [-0.05, 0) is 50.5 Å². The molecule has 0 spiro atoms. The number of alkyl halides is 6. The average Bonchev–Trinajstić information content (AvgIpc) is 3.34. The van der Waals surface area contributed by atoms with E-state index in [2.05, 4.69) is 5.32 Å². The van der Waals surface area contributed by atoms with Crippen LogP contribution in [0.4, 0.5) is 32.2 Å². The SMILES string of the molecule is Cc1c(C#N)c(NC(=O)COc2cc(C(F)(F)F)cc(C(F)(F)F)c2)n(CC2CCCO2)c1C. The molecule has 34 heavy (non-hydrogen) atoms. The summed E-state index contributed by atoms with van der Waals surface area (Å²) in [5.74, 6) is -1.45. The number of carbonyl (C=O) groups excluding carboxylic acids is 1. The fourth-order valence-corrected chi connectivity index (χ4v) is 3.68. The number of nitrogens with one attached hydrogen (secondary N) is 1. The molecule has 1 unspecified atom stereocenters. The molecular formula is C22H21F6N3O3. The molecular weight excluding hydrogens is 468 g/mol. The first-order valence-corrected chi connectivity index (χ1v) is 10.2. The molecule has 1 atom stereocenters. The highest BCUT2D eigenvalue weighted by Gasteiger charge is 2.37. The van der Waals surface area contributed by atoms with Gasteiger partial charge in [0.2, 0.25) is 0 Å². The van der Waals surface area contributed by atoms with Crippen molar-refractivity contribution in [1.82, 2.24) is 4.57 Å². The van der Waals surface area contributed by atoms with Gasteiger partial charge in [-0.1, -0.05) is 0 Å². The second kappa shape index (κ2) is 9.58. The van der Waals surface area contributed by atoms with Gasteiger partial charge in [0.1, 0.15) is 17.6 Å². The van der Waals surface area contributed by atoms with Gasteiger partial charge in [-0.15, -0.1) is 0 Å². The third kappa shape index (κ3) is 5.64. The molecule has 1 aromatic carbocycles. The number of rotatable bonds is 6. The van der Waals surface area contributed by atoms with Crippen LogP contribution in [0.3, 0.4) is 0 Å². The van der Waals surface area contributed by atoms with Crippen LogP contribution in [0, 0.1) is 25.2 Å². The van der Waals surface area contributed by atoms with Crippen molar-refractivity contribution in [3.8, 4) is 11.8 Å². The summed E-state index contributed by atoms with van der Waals surface area (Å²) in [4.78, 5) is 12.5. The number of amides is 1. The zero-order chi connectivity index (χ0) is 25.3. The first kappa shape index (κ1) is 25.4. The molecule has 184 valence electrons. The highest BCUT2D eigenvalue weighted by atomic mass is 19.4. The molecule has 1 amide bonds. The maximum Gasteiger partial charge on any atom is 0.416 e.